The predicted octanol–water partition coefficient (Wildman–Crippen LogP) is 4.23. The number of thiophene rings is 1. The number of halogens is 2. The molecule has 0 spiro atoms. The summed E-state index contributed by atoms with van der Waals surface area (Å²) in [5.74, 6) is 1.48. The maximum absolute atomic E-state index is 4.60. The van der Waals surface area contributed by atoms with Gasteiger partial charge in [0.25, 0.3) is 0 Å². The van der Waals surface area contributed by atoms with Crippen LogP contribution < -0.4 is 10.6 Å². The topological polar surface area (TPSA) is 36.4 Å². The number of nitrogens with one attached hydrogen (secondary N) is 2. The first-order valence-corrected chi connectivity index (χ1v) is 7.98. The largest absolute Gasteiger partial charge is 0.357 e. The Labute approximate surface area is 145 Å². The van der Waals surface area contributed by atoms with Crippen molar-refractivity contribution in [3.63, 3.8) is 0 Å². The van der Waals surface area contributed by atoms with E-state index in [2.05, 4.69) is 70.7 Å². The zero-order valence-corrected chi connectivity index (χ0v) is 16.6. The van der Waals surface area contributed by atoms with Gasteiger partial charge in [-0.15, -0.1) is 35.3 Å². The summed E-state index contributed by atoms with van der Waals surface area (Å²) in [5, 5.41) is 8.79. The van der Waals surface area contributed by atoms with Crippen LogP contribution in [0.25, 0.3) is 0 Å². The third-order valence-corrected chi connectivity index (χ3v) is 4.41. The molecule has 0 aliphatic rings. The van der Waals surface area contributed by atoms with Gasteiger partial charge in [0.1, 0.15) is 0 Å². The molecule has 3 nitrogen and oxygen atoms in total. The van der Waals surface area contributed by atoms with Crippen LogP contribution in [0.15, 0.2) is 20.9 Å². The van der Waals surface area contributed by atoms with Crippen LogP contribution in [0.1, 0.15) is 32.6 Å². The van der Waals surface area contributed by atoms with E-state index < -0.39 is 0 Å². The fourth-order valence-corrected chi connectivity index (χ4v) is 2.67. The summed E-state index contributed by atoms with van der Waals surface area (Å²) in [6.45, 7) is 10.3. The number of guanidine groups is 1. The Morgan fingerprint density at radius 3 is 2.58 bits per heavy atom. The van der Waals surface area contributed by atoms with Crippen LogP contribution in [0, 0.1) is 5.92 Å². The van der Waals surface area contributed by atoms with E-state index in [9.17, 15) is 0 Å². The number of aliphatic imine (C=N–C) groups is 1. The molecular weight excluding hydrogens is 437 g/mol. The van der Waals surface area contributed by atoms with Crippen LogP contribution in [-0.4, -0.2) is 18.5 Å². The van der Waals surface area contributed by atoms with Gasteiger partial charge in [-0.3, -0.25) is 0 Å². The first-order valence-electron chi connectivity index (χ1n) is 6.30. The average Bonchev–Trinajstić information content (AvgIpc) is 2.72. The van der Waals surface area contributed by atoms with Crippen molar-refractivity contribution in [1.82, 2.24) is 10.6 Å². The highest BCUT2D eigenvalue weighted by molar-refractivity contribution is 14.0. The molecule has 1 aromatic heterocycles. The van der Waals surface area contributed by atoms with Gasteiger partial charge in [-0.05, 0) is 41.8 Å². The Balaban J connectivity index is 0.00000324. The third-order valence-electron chi connectivity index (χ3n) is 2.72. The van der Waals surface area contributed by atoms with Crippen molar-refractivity contribution >= 4 is 57.2 Å². The van der Waals surface area contributed by atoms with Gasteiger partial charge in [0, 0.05) is 27.3 Å². The monoisotopic (exact) mass is 459 g/mol. The summed E-state index contributed by atoms with van der Waals surface area (Å²) >= 11 is 5.19. The third kappa shape index (κ3) is 7.51. The van der Waals surface area contributed by atoms with Crippen LogP contribution in [0.2, 0.25) is 0 Å². The Kier molecular flexibility index (Phi) is 10.1. The number of hydrogen-bond acceptors (Lipinski definition) is 2. The molecule has 0 fully saturated rings. The van der Waals surface area contributed by atoms with Crippen molar-refractivity contribution in [2.45, 2.75) is 40.3 Å². The zero-order valence-electron chi connectivity index (χ0n) is 11.9. The molecule has 0 aliphatic heterocycles. The van der Waals surface area contributed by atoms with Crippen LogP contribution >= 0.6 is 51.2 Å². The zero-order chi connectivity index (χ0) is 13.5. The number of rotatable bonds is 5. The van der Waals surface area contributed by atoms with Gasteiger partial charge < -0.3 is 10.6 Å². The highest BCUT2D eigenvalue weighted by atomic mass is 127. The van der Waals surface area contributed by atoms with E-state index >= 15 is 0 Å². The lowest BCUT2D eigenvalue weighted by atomic mass is 10.1. The molecule has 0 saturated carbocycles. The fourth-order valence-electron chi connectivity index (χ4n) is 1.30. The van der Waals surface area contributed by atoms with E-state index in [-0.39, 0.29) is 24.0 Å². The van der Waals surface area contributed by atoms with Gasteiger partial charge in [-0.25, -0.2) is 4.99 Å². The lowest BCUT2D eigenvalue weighted by molar-refractivity contribution is 0.481. The van der Waals surface area contributed by atoms with E-state index in [1.54, 1.807) is 11.3 Å². The second-order valence-corrected chi connectivity index (χ2v) is 6.51. The van der Waals surface area contributed by atoms with Crippen LogP contribution in [0.4, 0.5) is 0 Å². The van der Waals surface area contributed by atoms with E-state index in [0.29, 0.717) is 12.0 Å². The van der Waals surface area contributed by atoms with Crippen LogP contribution in [-0.2, 0) is 6.54 Å². The minimum absolute atomic E-state index is 0. The first-order chi connectivity index (χ1) is 8.52. The normalized spacial score (nSPS) is 13.1. The van der Waals surface area contributed by atoms with Gasteiger partial charge in [0.2, 0.25) is 0 Å². The molecule has 0 aromatic carbocycles. The second-order valence-electron chi connectivity index (χ2n) is 4.60. The SMILES string of the molecule is CCNC(=NCc1cc(Br)cs1)NC(C)C(C)C.I. The van der Waals surface area contributed by atoms with Crippen LogP contribution in [0.5, 0.6) is 0 Å². The highest BCUT2D eigenvalue weighted by Crippen LogP contribution is 2.20. The average molecular weight is 460 g/mol. The van der Waals surface area contributed by atoms with Crippen molar-refractivity contribution in [3.8, 4) is 0 Å². The highest BCUT2D eigenvalue weighted by Gasteiger charge is 2.08. The molecule has 0 saturated heterocycles. The van der Waals surface area contributed by atoms with Gasteiger partial charge >= 0.3 is 0 Å². The van der Waals surface area contributed by atoms with E-state index in [1.807, 2.05) is 0 Å². The summed E-state index contributed by atoms with van der Waals surface area (Å²) in [4.78, 5) is 5.86. The number of hydrogen-bond donors (Lipinski definition) is 2. The minimum Gasteiger partial charge on any atom is -0.357 e. The molecule has 110 valence electrons. The van der Waals surface area contributed by atoms with Gasteiger partial charge in [0.05, 0.1) is 6.54 Å². The molecule has 1 heterocycles. The summed E-state index contributed by atoms with van der Waals surface area (Å²) in [5.41, 5.74) is 0. The summed E-state index contributed by atoms with van der Waals surface area (Å²) in [7, 11) is 0. The quantitative estimate of drug-likeness (QED) is 0.392. The molecule has 19 heavy (non-hydrogen) atoms. The minimum atomic E-state index is 0. The molecule has 1 unspecified atom stereocenters. The molecular formula is C13H23BrIN3S. The maximum atomic E-state index is 4.60. The Morgan fingerprint density at radius 1 is 1.42 bits per heavy atom. The Morgan fingerprint density at radius 2 is 2.11 bits per heavy atom. The summed E-state index contributed by atoms with van der Waals surface area (Å²) in [6, 6.07) is 2.53. The van der Waals surface area contributed by atoms with Gasteiger partial charge in [-0.2, -0.15) is 0 Å². The standard InChI is InChI=1S/C13H22BrN3S.HI/c1-5-15-13(17-10(4)9(2)3)16-7-12-6-11(14)8-18-12;/h6,8-10H,5,7H2,1-4H3,(H2,15,16,17);1H. The molecule has 1 rings (SSSR count). The second kappa shape index (κ2) is 9.99. The van der Waals surface area contributed by atoms with Crippen LogP contribution in [0.3, 0.4) is 0 Å². The summed E-state index contributed by atoms with van der Waals surface area (Å²) < 4.78 is 1.13. The van der Waals surface area contributed by atoms with E-state index in [4.69, 9.17) is 0 Å². The Hall–Kier alpha value is 0.180. The molecule has 0 bridgehead atoms. The molecule has 2 N–H and O–H groups in total. The van der Waals surface area contributed by atoms with Crippen molar-refractivity contribution in [1.29, 1.82) is 0 Å². The molecule has 1 atom stereocenters. The van der Waals surface area contributed by atoms with Crippen molar-refractivity contribution < 1.29 is 0 Å². The molecule has 0 aliphatic carbocycles. The van der Waals surface area contributed by atoms with Crippen molar-refractivity contribution in [2.75, 3.05) is 6.54 Å². The van der Waals surface area contributed by atoms with Gasteiger partial charge in [0.15, 0.2) is 5.96 Å². The lowest BCUT2D eigenvalue weighted by Crippen LogP contribution is -2.44. The van der Waals surface area contributed by atoms with Crippen molar-refractivity contribution in [2.24, 2.45) is 10.9 Å². The number of nitrogens with zero attached hydrogens (tertiary/aromatic N) is 1. The molecule has 0 radical (unpaired) electrons. The van der Waals surface area contributed by atoms with Gasteiger partial charge in [-0.1, -0.05) is 13.8 Å². The lowest BCUT2D eigenvalue weighted by Gasteiger charge is -2.20. The molecule has 6 heteroatoms. The maximum Gasteiger partial charge on any atom is 0.191 e. The van der Waals surface area contributed by atoms with E-state index in [1.165, 1.54) is 4.88 Å². The van der Waals surface area contributed by atoms with Crippen molar-refractivity contribution in [3.05, 3.63) is 20.8 Å². The predicted molar refractivity (Wildman–Crippen MR) is 99.7 cm³/mol. The molecule has 1 aromatic rings. The molecule has 0 amide bonds. The fraction of sp³-hybridized carbons (Fsp3) is 0.615. The first kappa shape index (κ1) is 19.2. The van der Waals surface area contributed by atoms with E-state index in [0.717, 1.165) is 23.5 Å². The smallest absolute Gasteiger partial charge is 0.191 e. The Bertz CT molecular complexity index is 393. The summed E-state index contributed by atoms with van der Waals surface area (Å²) in [6.07, 6.45) is 0.